The van der Waals surface area contributed by atoms with Crippen molar-refractivity contribution >= 4 is 17.4 Å². The van der Waals surface area contributed by atoms with Crippen LogP contribution in [0.5, 0.6) is 0 Å². The van der Waals surface area contributed by atoms with E-state index in [1.165, 1.54) is 12.1 Å². The number of benzene rings is 1. The second kappa shape index (κ2) is 5.17. The molecule has 0 aliphatic heterocycles. The van der Waals surface area contributed by atoms with Gasteiger partial charge in [0.05, 0.1) is 12.0 Å². The quantitative estimate of drug-likeness (QED) is 0.352. The summed E-state index contributed by atoms with van der Waals surface area (Å²) in [5, 5.41) is 19.9. The third-order valence-corrected chi connectivity index (χ3v) is 2.05. The number of hydrogen-bond acceptors (Lipinski definition) is 6. The number of carbonyl (C=O) groups excluding carboxylic acids is 2. The molecular formula is C10H9NO6. The van der Waals surface area contributed by atoms with Crippen LogP contribution in [0.3, 0.4) is 0 Å². The summed E-state index contributed by atoms with van der Waals surface area (Å²) in [6, 6.07) is 4.65. The number of aliphatic hydroxyl groups excluding tert-OH is 1. The molecule has 0 spiro atoms. The molecule has 0 aliphatic rings. The first kappa shape index (κ1) is 12.8. The minimum absolute atomic E-state index is 0.0889. The van der Waals surface area contributed by atoms with E-state index >= 15 is 0 Å². The summed E-state index contributed by atoms with van der Waals surface area (Å²) in [5.74, 6) is -2.29. The van der Waals surface area contributed by atoms with E-state index in [0.29, 0.717) is 0 Å². The van der Waals surface area contributed by atoms with E-state index in [9.17, 15) is 24.8 Å². The first-order valence-corrected chi connectivity index (χ1v) is 4.52. The van der Waals surface area contributed by atoms with E-state index in [2.05, 4.69) is 4.74 Å². The first-order valence-electron chi connectivity index (χ1n) is 4.52. The van der Waals surface area contributed by atoms with E-state index in [0.717, 1.165) is 19.2 Å². The lowest BCUT2D eigenvalue weighted by Crippen LogP contribution is -2.23. The van der Waals surface area contributed by atoms with Gasteiger partial charge >= 0.3 is 5.97 Å². The SMILES string of the molecule is COC(=O)C(=O)C(O)c1ccc([N+](=O)[O-])cc1. The van der Waals surface area contributed by atoms with Crippen LogP contribution in [-0.4, -0.2) is 28.9 Å². The highest BCUT2D eigenvalue weighted by Gasteiger charge is 2.25. The maximum Gasteiger partial charge on any atom is 0.377 e. The topological polar surface area (TPSA) is 107 Å². The number of nitrogens with zero attached hydrogens (tertiary/aromatic N) is 1. The number of esters is 1. The number of nitro benzene ring substituents is 1. The Kier molecular flexibility index (Phi) is 3.89. The molecule has 0 radical (unpaired) electrons. The molecule has 1 aromatic carbocycles. The maximum absolute atomic E-state index is 11.2. The summed E-state index contributed by atoms with van der Waals surface area (Å²) >= 11 is 0. The number of Topliss-reactive ketones (excluding diaryl/α,β-unsaturated/α-hetero) is 1. The fraction of sp³-hybridized carbons (Fsp3) is 0.200. The van der Waals surface area contributed by atoms with Gasteiger partial charge in [-0.25, -0.2) is 4.79 Å². The van der Waals surface area contributed by atoms with Crippen molar-refractivity contribution in [3.8, 4) is 0 Å². The number of ketones is 1. The zero-order chi connectivity index (χ0) is 13.0. The largest absolute Gasteiger partial charge is 0.463 e. The minimum Gasteiger partial charge on any atom is -0.463 e. The highest BCUT2D eigenvalue weighted by Crippen LogP contribution is 2.18. The summed E-state index contributed by atoms with van der Waals surface area (Å²) < 4.78 is 4.16. The number of rotatable bonds is 4. The van der Waals surface area contributed by atoms with E-state index in [1.54, 1.807) is 0 Å². The highest BCUT2D eigenvalue weighted by molar-refractivity contribution is 6.35. The van der Waals surface area contributed by atoms with Gasteiger partial charge in [0.1, 0.15) is 6.10 Å². The van der Waals surface area contributed by atoms with Gasteiger partial charge in [0.2, 0.25) is 0 Å². The summed E-state index contributed by atoms with van der Waals surface area (Å²) in [6.45, 7) is 0. The van der Waals surface area contributed by atoms with E-state index in [4.69, 9.17) is 0 Å². The molecule has 0 saturated heterocycles. The van der Waals surface area contributed by atoms with Crippen LogP contribution in [0.2, 0.25) is 0 Å². The zero-order valence-corrected chi connectivity index (χ0v) is 8.82. The van der Waals surface area contributed by atoms with Crippen molar-refractivity contribution in [1.29, 1.82) is 0 Å². The molecule has 90 valence electrons. The van der Waals surface area contributed by atoms with Gasteiger partial charge in [-0.3, -0.25) is 14.9 Å². The van der Waals surface area contributed by atoms with Gasteiger partial charge in [0.25, 0.3) is 11.5 Å². The fourth-order valence-electron chi connectivity index (χ4n) is 1.14. The maximum atomic E-state index is 11.2. The molecule has 1 unspecified atom stereocenters. The minimum atomic E-state index is -1.68. The number of hydrogen-bond donors (Lipinski definition) is 1. The lowest BCUT2D eigenvalue weighted by molar-refractivity contribution is -0.384. The third kappa shape index (κ3) is 2.85. The molecule has 1 N–H and O–H groups in total. The van der Waals surface area contributed by atoms with Crippen molar-refractivity contribution in [2.75, 3.05) is 7.11 Å². The molecule has 0 fully saturated rings. The molecular weight excluding hydrogens is 230 g/mol. The molecule has 1 atom stereocenters. The normalized spacial score (nSPS) is 11.6. The van der Waals surface area contributed by atoms with E-state index in [-0.39, 0.29) is 11.3 Å². The Labute approximate surface area is 95.8 Å². The van der Waals surface area contributed by atoms with Crippen LogP contribution in [0.1, 0.15) is 11.7 Å². The predicted octanol–water partition coefficient (Wildman–Crippen LogP) is 0.370. The van der Waals surface area contributed by atoms with Crippen molar-refractivity contribution in [3.63, 3.8) is 0 Å². The Hall–Kier alpha value is -2.28. The summed E-state index contributed by atoms with van der Waals surface area (Å²) in [7, 11) is 1.02. The fourth-order valence-corrected chi connectivity index (χ4v) is 1.14. The molecule has 0 aliphatic carbocycles. The van der Waals surface area contributed by atoms with Crippen LogP contribution in [0.25, 0.3) is 0 Å². The second-order valence-corrected chi connectivity index (χ2v) is 3.11. The monoisotopic (exact) mass is 239 g/mol. The summed E-state index contributed by atoms with van der Waals surface area (Å²) in [5.41, 5.74) is -0.0857. The molecule has 0 heterocycles. The number of ether oxygens (including phenoxy) is 1. The molecule has 0 saturated carbocycles. The highest BCUT2D eigenvalue weighted by atomic mass is 16.6. The van der Waals surface area contributed by atoms with Gasteiger partial charge in [-0.15, -0.1) is 0 Å². The second-order valence-electron chi connectivity index (χ2n) is 3.11. The van der Waals surface area contributed by atoms with E-state index in [1.807, 2.05) is 0 Å². The molecule has 1 rings (SSSR count). The molecule has 0 bridgehead atoms. The third-order valence-electron chi connectivity index (χ3n) is 2.05. The van der Waals surface area contributed by atoms with Gasteiger partial charge in [-0.2, -0.15) is 0 Å². The Morgan fingerprint density at radius 2 is 1.88 bits per heavy atom. The predicted molar refractivity (Wildman–Crippen MR) is 55.1 cm³/mol. The average Bonchev–Trinajstić information content (AvgIpc) is 2.36. The van der Waals surface area contributed by atoms with Crippen molar-refractivity contribution in [2.24, 2.45) is 0 Å². The van der Waals surface area contributed by atoms with Crippen LogP contribution in [0, 0.1) is 10.1 Å². The van der Waals surface area contributed by atoms with Crippen LogP contribution >= 0.6 is 0 Å². The van der Waals surface area contributed by atoms with Gasteiger partial charge in [-0.1, -0.05) is 0 Å². The number of carbonyl (C=O) groups is 2. The molecule has 17 heavy (non-hydrogen) atoms. The Balaban J connectivity index is 2.90. The number of methoxy groups -OCH3 is 1. The number of nitro groups is 1. The van der Waals surface area contributed by atoms with Crippen LogP contribution in [-0.2, 0) is 14.3 Å². The lowest BCUT2D eigenvalue weighted by Gasteiger charge is -2.07. The van der Waals surface area contributed by atoms with Crippen molar-refractivity contribution in [2.45, 2.75) is 6.10 Å². The molecule has 7 nitrogen and oxygen atoms in total. The average molecular weight is 239 g/mol. The lowest BCUT2D eigenvalue weighted by atomic mass is 10.1. The molecule has 7 heteroatoms. The van der Waals surface area contributed by atoms with Gasteiger partial charge in [0, 0.05) is 12.1 Å². The standard InChI is InChI=1S/C10H9NO6/c1-17-10(14)9(13)8(12)6-2-4-7(5-3-6)11(15)16/h2-5,8,12H,1H3. The van der Waals surface area contributed by atoms with Crippen LogP contribution in [0.15, 0.2) is 24.3 Å². The molecule has 0 amide bonds. The van der Waals surface area contributed by atoms with Gasteiger partial charge in [-0.05, 0) is 17.7 Å². The smallest absolute Gasteiger partial charge is 0.377 e. The van der Waals surface area contributed by atoms with Crippen molar-refractivity contribution in [3.05, 3.63) is 39.9 Å². The molecule has 0 aromatic heterocycles. The number of aliphatic hydroxyl groups is 1. The van der Waals surface area contributed by atoms with Crippen molar-refractivity contribution < 1.29 is 24.4 Å². The Bertz CT molecular complexity index is 452. The van der Waals surface area contributed by atoms with E-state index < -0.39 is 22.8 Å². The summed E-state index contributed by atoms with van der Waals surface area (Å²) in [6.07, 6.45) is -1.68. The molecule has 1 aromatic rings. The van der Waals surface area contributed by atoms with Gasteiger partial charge in [0.15, 0.2) is 0 Å². The van der Waals surface area contributed by atoms with Crippen LogP contribution < -0.4 is 0 Å². The first-order chi connectivity index (χ1) is 7.97. The zero-order valence-electron chi connectivity index (χ0n) is 8.82. The number of non-ortho nitro benzene ring substituents is 1. The van der Waals surface area contributed by atoms with Crippen LogP contribution in [0.4, 0.5) is 5.69 Å². The van der Waals surface area contributed by atoms with Crippen molar-refractivity contribution in [1.82, 2.24) is 0 Å². The van der Waals surface area contributed by atoms with Gasteiger partial charge < -0.3 is 9.84 Å². The Morgan fingerprint density at radius 3 is 2.29 bits per heavy atom. The summed E-state index contributed by atoms with van der Waals surface area (Å²) in [4.78, 5) is 31.9. The Morgan fingerprint density at radius 1 is 1.35 bits per heavy atom.